The van der Waals surface area contributed by atoms with Gasteiger partial charge >= 0.3 is 0 Å². The van der Waals surface area contributed by atoms with Gasteiger partial charge < -0.3 is 10.1 Å². The van der Waals surface area contributed by atoms with Crippen molar-refractivity contribution in [1.82, 2.24) is 25.2 Å². The van der Waals surface area contributed by atoms with Crippen LogP contribution in [0.1, 0.15) is 4.88 Å². The molecular weight excluding hydrogens is 312 g/mol. The molecule has 2 heterocycles. The largest absolute Gasteiger partial charge is 0.497 e. The molecular formula is C12H11ClN6OS. The lowest BCUT2D eigenvalue weighted by molar-refractivity contribution is 0.414. The third kappa shape index (κ3) is 3.29. The van der Waals surface area contributed by atoms with Gasteiger partial charge in [-0.15, -0.1) is 16.4 Å². The Bertz CT molecular complexity index is 729. The van der Waals surface area contributed by atoms with E-state index in [1.54, 1.807) is 18.0 Å². The summed E-state index contributed by atoms with van der Waals surface area (Å²) in [5.41, 5.74) is 1.70. The molecule has 0 saturated carbocycles. The van der Waals surface area contributed by atoms with Crippen molar-refractivity contribution in [2.24, 2.45) is 0 Å². The predicted molar refractivity (Wildman–Crippen MR) is 80.2 cm³/mol. The van der Waals surface area contributed by atoms with Crippen LogP contribution < -0.4 is 10.1 Å². The van der Waals surface area contributed by atoms with Crippen LogP contribution >= 0.6 is 22.9 Å². The van der Waals surface area contributed by atoms with Crippen LogP contribution in [0.15, 0.2) is 30.7 Å². The van der Waals surface area contributed by atoms with Gasteiger partial charge in [0, 0.05) is 28.9 Å². The topological polar surface area (TPSA) is 77.8 Å². The molecule has 3 rings (SSSR count). The van der Waals surface area contributed by atoms with Gasteiger partial charge in [-0.2, -0.15) is 0 Å². The number of aromatic nitrogens is 5. The average Bonchev–Trinajstić information content (AvgIpc) is 3.16. The van der Waals surface area contributed by atoms with Crippen LogP contribution in [-0.2, 0) is 6.54 Å². The zero-order valence-electron chi connectivity index (χ0n) is 11.0. The molecule has 0 spiro atoms. The summed E-state index contributed by atoms with van der Waals surface area (Å²) in [7, 11) is 1.62. The van der Waals surface area contributed by atoms with Crippen molar-refractivity contribution in [3.63, 3.8) is 0 Å². The summed E-state index contributed by atoms with van der Waals surface area (Å²) in [6.45, 7) is 0.632. The number of tetrazole rings is 1. The molecule has 21 heavy (non-hydrogen) atoms. The Morgan fingerprint density at radius 3 is 2.95 bits per heavy atom. The SMILES string of the molecule is COc1cc(NCc2cnc(Cl)s2)cc(-n2cnnn2)c1. The molecule has 0 aliphatic carbocycles. The van der Waals surface area contributed by atoms with Crippen LogP contribution in [0.2, 0.25) is 4.47 Å². The Hall–Kier alpha value is -2.19. The van der Waals surface area contributed by atoms with E-state index in [2.05, 4.69) is 25.8 Å². The van der Waals surface area contributed by atoms with Crippen molar-refractivity contribution in [2.75, 3.05) is 12.4 Å². The molecule has 108 valence electrons. The number of benzene rings is 1. The number of hydrogen-bond donors (Lipinski definition) is 1. The second-order valence-corrected chi connectivity index (χ2v) is 5.80. The molecule has 0 radical (unpaired) electrons. The molecule has 0 atom stereocenters. The number of ether oxygens (including phenoxy) is 1. The molecule has 2 aromatic heterocycles. The second-order valence-electron chi connectivity index (χ2n) is 4.11. The normalized spacial score (nSPS) is 10.6. The van der Waals surface area contributed by atoms with E-state index in [-0.39, 0.29) is 0 Å². The van der Waals surface area contributed by atoms with Crippen LogP contribution in [0.4, 0.5) is 5.69 Å². The van der Waals surface area contributed by atoms with Crippen LogP contribution in [-0.4, -0.2) is 32.3 Å². The van der Waals surface area contributed by atoms with E-state index < -0.39 is 0 Å². The molecule has 0 fully saturated rings. The minimum Gasteiger partial charge on any atom is -0.497 e. The Morgan fingerprint density at radius 2 is 2.29 bits per heavy atom. The first-order chi connectivity index (χ1) is 10.2. The van der Waals surface area contributed by atoms with Crippen LogP contribution in [0.25, 0.3) is 5.69 Å². The number of hydrogen-bond acceptors (Lipinski definition) is 7. The minimum absolute atomic E-state index is 0.534. The minimum atomic E-state index is 0.534. The van der Waals surface area contributed by atoms with E-state index >= 15 is 0 Å². The van der Waals surface area contributed by atoms with E-state index in [1.165, 1.54) is 17.7 Å². The lowest BCUT2D eigenvalue weighted by Crippen LogP contribution is -2.01. The summed E-state index contributed by atoms with van der Waals surface area (Å²) >= 11 is 7.26. The number of anilines is 1. The highest BCUT2D eigenvalue weighted by atomic mass is 35.5. The monoisotopic (exact) mass is 322 g/mol. The molecule has 0 aliphatic rings. The van der Waals surface area contributed by atoms with Gasteiger partial charge in [0.25, 0.3) is 0 Å². The molecule has 0 aliphatic heterocycles. The molecule has 0 amide bonds. The van der Waals surface area contributed by atoms with Crippen LogP contribution in [0.3, 0.4) is 0 Å². The molecule has 7 nitrogen and oxygen atoms in total. The van der Waals surface area contributed by atoms with Gasteiger partial charge in [-0.25, -0.2) is 9.67 Å². The quantitative estimate of drug-likeness (QED) is 0.777. The van der Waals surface area contributed by atoms with Gasteiger partial charge in [0.1, 0.15) is 12.1 Å². The molecule has 0 unspecified atom stereocenters. The van der Waals surface area contributed by atoms with E-state index in [0.29, 0.717) is 16.8 Å². The van der Waals surface area contributed by atoms with Crippen LogP contribution in [0.5, 0.6) is 5.75 Å². The Labute approximate surface area is 129 Å². The van der Waals surface area contributed by atoms with Gasteiger partial charge in [-0.1, -0.05) is 11.6 Å². The summed E-state index contributed by atoms with van der Waals surface area (Å²) in [6.07, 6.45) is 3.28. The van der Waals surface area contributed by atoms with Crippen molar-refractivity contribution < 1.29 is 4.74 Å². The maximum atomic E-state index is 5.82. The van der Waals surface area contributed by atoms with Gasteiger partial charge in [0.05, 0.1) is 19.3 Å². The summed E-state index contributed by atoms with van der Waals surface area (Å²) in [6, 6.07) is 5.68. The smallest absolute Gasteiger partial charge is 0.183 e. The highest BCUT2D eigenvalue weighted by Crippen LogP contribution is 2.24. The van der Waals surface area contributed by atoms with Crippen molar-refractivity contribution >= 4 is 28.6 Å². The van der Waals surface area contributed by atoms with Crippen molar-refractivity contribution in [1.29, 1.82) is 0 Å². The van der Waals surface area contributed by atoms with E-state index in [0.717, 1.165) is 16.3 Å². The fourth-order valence-corrected chi connectivity index (χ4v) is 2.69. The number of nitrogens with zero attached hydrogens (tertiary/aromatic N) is 5. The number of nitrogens with one attached hydrogen (secondary N) is 1. The number of methoxy groups -OCH3 is 1. The highest BCUT2D eigenvalue weighted by Gasteiger charge is 2.05. The second kappa shape index (κ2) is 6.06. The lowest BCUT2D eigenvalue weighted by Gasteiger charge is -2.10. The molecule has 0 saturated heterocycles. The summed E-state index contributed by atoms with van der Waals surface area (Å²) in [5, 5.41) is 14.4. The fourth-order valence-electron chi connectivity index (χ4n) is 1.77. The highest BCUT2D eigenvalue weighted by molar-refractivity contribution is 7.15. The van der Waals surface area contributed by atoms with Gasteiger partial charge in [0.15, 0.2) is 4.47 Å². The fraction of sp³-hybridized carbons (Fsp3) is 0.167. The van der Waals surface area contributed by atoms with Crippen molar-refractivity contribution in [2.45, 2.75) is 6.54 Å². The summed E-state index contributed by atoms with van der Waals surface area (Å²) in [4.78, 5) is 5.06. The zero-order chi connectivity index (χ0) is 14.7. The van der Waals surface area contributed by atoms with Gasteiger partial charge in [0.2, 0.25) is 0 Å². The summed E-state index contributed by atoms with van der Waals surface area (Å²) in [5.74, 6) is 0.716. The lowest BCUT2D eigenvalue weighted by atomic mass is 10.2. The molecule has 1 N–H and O–H groups in total. The van der Waals surface area contributed by atoms with Crippen LogP contribution in [0, 0.1) is 0 Å². The number of thiazole rings is 1. The third-order valence-corrected chi connectivity index (χ3v) is 3.85. The zero-order valence-corrected chi connectivity index (χ0v) is 12.6. The van der Waals surface area contributed by atoms with Gasteiger partial charge in [-0.3, -0.25) is 0 Å². The number of rotatable bonds is 5. The molecule has 0 bridgehead atoms. The summed E-state index contributed by atoms with van der Waals surface area (Å²) < 4.78 is 7.40. The van der Waals surface area contributed by atoms with E-state index in [9.17, 15) is 0 Å². The Balaban J connectivity index is 1.82. The Morgan fingerprint density at radius 1 is 1.38 bits per heavy atom. The standard InChI is InChI=1S/C12H11ClN6OS/c1-20-10-3-8(14-5-11-6-15-12(13)21-11)2-9(4-10)19-7-16-17-18-19/h2-4,6-7,14H,5H2,1H3. The first kappa shape index (κ1) is 13.8. The van der Waals surface area contributed by atoms with Gasteiger partial charge in [-0.05, 0) is 16.5 Å². The molecule has 3 aromatic rings. The first-order valence-electron chi connectivity index (χ1n) is 6.01. The predicted octanol–water partition coefficient (Wildman–Crippen LogP) is 2.39. The third-order valence-electron chi connectivity index (χ3n) is 2.73. The average molecular weight is 323 g/mol. The molecule has 9 heteroatoms. The maximum Gasteiger partial charge on any atom is 0.183 e. The maximum absolute atomic E-state index is 5.82. The van der Waals surface area contributed by atoms with Crippen molar-refractivity contribution in [3.8, 4) is 11.4 Å². The number of halogens is 1. The van der Waals surface area contributed by atoms with E-state index in [4.69, 9.17) is 16.3 Å². The van der Waals surface area contributed by atoms with Crippen molar-refractivity contribution in [3.05, 3.63) is 40.1 Å². The first-order valence-corrected chi connectivity index (χ1v) is 7.20. The molecule has 1 aromatic carbocycles. The Kier molecular flexibility index (Phi) is 3.98. The van der Waals surface area contributed by atoms with E-state index in [1.807, 2.05) is 18.2 Å².